The number of hydrogen-bond donors (Lipinski definition) is 3. The SMILES string of the molecule is CCCCN1CCOc2cc(-c3ncco3)cc(C(=O)N[C@@H](Cc3cc(F)cc(F)c3)[C@H](O)CNCc3cccc(CC)c3)c2C1. The molecule has 46 heavy (non-hydrogen) atoms. The Morgan fingerprint density at radius 3 is 2.61 bits per heavy atom. The van der Waals surface area contributed by atoms with Crippen LogP contribution in [-0.4, -0.2) is 59.3 Å². The predicted octanol–water partition coefficient (Wildman–Crippen LogP) is 5.67. The number of halogens is 2. The van der Waals surface area contributed by atoms with Crippen LogP contribution in [0.25, 0.3) is 11.5 Å². The third-order valence-electron chi connectivity index (χ3n) is 8.25. The van der Waals surface area contributed by atoms with Crippen molar-refractivity contribution >= 4 is 5.91 Å². The zero-order chi connectivity index (χ0) is 32.5. The van der Waals surface area contributed by atoms with Crippen LogP contribution in [0.5, 0.6) is 5.75 Å². The summed E-state index contributed by atoms with van der Waals surface area (Å²) in [6.07, 6.45) is 4.90. The number of nitrogens with one attached hydrogen (secondary N) is 2. The van der Waals surface area contributed by atoms with Gasteiger partial charge in [-0.15, -0.1) is 0 Å². The summed E-state index contributed by atoms with van der Waals surface area (Å²) in [6, 6.07) is 14.1. The molecule has 1 amide bonds. The first-order valence-electron chi connectivity index (χ1n) is 16.0. The number of rotatable bonds is 14. The fourth-order valence-electron chi connectivity index (χ4n) is 5.77. The van der Waals surface area contributed by atoms with Gasteiger partial charge in [-0.2, -0.15) is 0 Å². The zero-order valence-electron chi connectivity index (χ0n) is 26.4. The molecule has 0 saturated heterocycles. The van der Waals surface area contributed by atoms with Crippen molar-refractivity contribution in [1.29, 1.82) is 0 Å². The summed E-state index contributed by atoms with van der Waals surface area (Å²) in [5, 5.41) is 17.6. The minimum Gasteiger partial charge on any atom is -0.492 e. The van der Waals surface area contributed by atoms with E-state index in [1.807, 2.05) is 18.2 Å². The molecule has 0 unspecified atom stereocenters. The fraction of sp³-hybridized carbons (Fsp3) is 0.389. The number of aliphatic hydroxyl groups is 1. The molecule has 0 saturated carbocycles. The number of unbranched alkanes of at least 4 members (excludes halogenated alkanes) is 1. The number of aryl methyl sites for hydroxylation is 1. The van der Waals surface area contributed by atoms with E-state index in [9.17, 15) is 18.7 Å². The van der Waals surface area contributed by atoms with Crippen LogP contribution < -0.4 is 15.4 Å². The van der Waals surface area contributed by atoms with Crippen LogP contribution in [0.2, 0.25) is 0 Å². The van der Waals surface area contributed by atoms with E-state index >= 15 is 0 Å². The van der Waals surface area contributed by atoms with Gasteiger partial charge in [-0.05, 0) is 66.8 Å². The lowest BCUT2D eigenvalue weighted by Crippen LogP contribution is -2.49. The number of aromatic nitrogens is 1. The number of carbonyl (C=O) groups is 1. The average molecular weight is 633 g/mol. The maximum atomic E-state index is 14.2. The Balaban J connectivity index is 1.42. The summed E-state index contributed by atoms with van der Waals surface area (Å²) in [4.78, 5) is 20.7. The molecule has 5 rings (SSSR count). The number of nitrogens with zero attached hydrogens (tertiary/aromatic N) is 2. The fourth-order valence-corrected chi connectivity index (χ4v) is 5.77. The molecule has 0 fully saturated rings. The van der Waals surface area contributed by atoms with Crippen molar-refractivity contribution in [2.45, 2.75) is 64.8 Å². The van der Waals surface area contributed by atoms with Gasteiger partial charge in [0.1, 0.15) is 30.3 Å². The van der Waals surface area contributed by atoms with E-state index in [2.05, 4.69) is 46.5 Å². The van der Waals surface area contributed by atoms with Crippen molar-refractivity contribution in [3.8, 4) is 17.2 Å². The Hall–Kier alpha value is -4.12. The highest BCUT2D eigenvalue weighted by atomic mass is 19.1. The van der Waals surface area contributed by atoms with Crippen LogP contribution in [-0.2, 0) is 25.9 Å². The molecule has 0 bridgehead atoms. The maximum absolute atomic E-state index is 14.2. The molecule has 3 N–H and O–H groups in total. The Morgan fingerprint density at radius 2 is 1.87 bits per heavy atom. The minimum absolute atomic E-state index is 0.00926. The van der Waals surface area contributed by atoms with Crippen molar-refractivity contribution in [3.05, 3.63) is 107 Å². The minimum atomic E-state index is -1.07. The lowest BCUT2D eigenvalue weighted by atomic mass is 9.97. The Morgan fingerprint density at radius 1 is 1.07 bits per heavy atom. The number of carbonyl (C=O) groups excluding carboxylic acids is 1. The second kappa shape index (κ2) is 15.9. The van der Waals surface area contributed by atoms with E-state index in [1.165, 1.54) is 30.2 Å². The standard InChI is InChI=1S/C36H42F2N4O4/c1-3-5-10-42-11-13-45-34-19-27(36-40-9-12-46-36)18-30(31(34)23-42)35(44)41-32(17-26-15-28(37)20-29(38)16-26)33(43)22-39-21-25-8-6-7-24(4-2)14-25/h6-9,12,14-16,18-20,32-33,39,43H,3-5,10-11,13,17,21-23H2,1-2H3,(H,41,44)/t32-,33+/m0/s1. The van der Waals surface area contributed by atoms with Crippen molar-refractivity contribution in [2.24, 2.45) is 0 Å². The quantitative estimate of drug-likeness (QED) is 0.165. The number of benzene rings is 3. The number of ether oxygens (including phenoxy) is 1. The molecule has 244 valence electrons. The van der Waals surface area contributed by atoms with Gasteiger partial charge in [0.2, 0.25) is 5.89 Å². The molecule has 1 aliphatic rings. The third kappa shape index (κ3) is 8.78. The summed E-state index contributed by atoms with van der Waals surface area (Å²) in [5.74, 6) is -0.980. The first-order valence-corrected chi connectivity index (χ1v) is 16.0. The molecule has 1 aromatic heterocycles. The third-order valence-corrected chi connectivity index (χ3v) is 8.25. The van der Waals surface area contributed by atoms with E-state index in [0.717, 1.165) is 43.0 Å². The highest BCUT2D eigenvalue weighted by Crippen LogP contribution is 2.33. The van der Waals surface area contributed by atoms with E-state index < -0.39 is 29.7 Å². The van der Waals surface area contributed by atoms with Gasteiger partial charge in [0, 0.05) is 48.9 Å². The molecule has 2 atom stereocenters. The highest BCUT2D eigenvalue weighted by Gasteiger charge is 2.28. The maximum Gasteiger partial charge on any atom is 0.252 e. The van der Waals surface area contributed by atoms with Crippen molar-refractivity contribution in [2.75, 3.05) is 26.2 Å². The molecule has 0 radical (unpaired) electrons. The van der Waals surface area contributed by atoms with Gasteiger partial charge < -0.3 is 24.9 Å². The monoisotopic (exact) mass is 632 g/mol. The summed E-state index contributed by atoms with van der Waals surface area (Å²) in [7, 11) is 0. The van der Waals surface area contributed by atoms with Crippen molar-refractivity contribution < 1.29 is 27.8 Å². The largest absolute Gasteiger partial charge is 0.492 e. The van der Waals surface area contributed by atoms with Crippen LogP contribution in [0, 0.1) is 11.6 Å². The number of amides is 1. The summed E-state index contributed by atoms with van der Waals surface area (Å²) >= 11 is 0. The van der Waals surface area contributed by atoms with Gasteiger partial charge >= 0.3 is 0 Å². The number of hydrogen-bond acceptors (Lipinski definition) is 7. The molecule has 2 heterocycles. The molecule has 0 spiro atoms. The molecule has 10 heteroatoms. The summed E-state index contributed by atoms with van der Waals surface area (Å²) in [5.41, 5.74) is 4.26. The van der Waals surface area contributed by atoms with Crippen LogP contribution in [0.15, 0.2) is 71.5 Å². The van der Waals surface area contributed by atoms with Gasteiger partial charge in [0.15, 0.2) is 0 Å². The van der Waals surface area contributed by atoms with Crippen LogP contribution >= 0.6 is 0 Å². The van der Waals surface area contributed by atoms with Crippen LogP contribution in [0.1, 0.15) is 59.3 Å². The molecule has 8 nitrogen and oxygen atoms in total. The topological polar surface area (TPSA) is 99.9 Å². The zero-order valence-corrected chi connectivity index (χ0v) is 26.4. The summed E-state index contributed by atoms with van der Waals surface area (Å²) < 4.78 is 40.0. The average Bonchev–Trinajstić information content (AvgIpc) is 3.50. The first kappa shape index (κ1) is 33.2. The number of aliphatic hydroxyl groups excluding tert-OH is 1. The van der Waals surface area contributed by atoms with Crippen molar-refractivity contribution in [3.63, 3.8) is 0 Å². The number of oxazole rings is 1. The van der Waals surface area contributed by atoms with Gasteiger partial charge in [0.05, 0.1) is 18.3 Å². The number of fused-ring (bicyclic) bond motifs is 1. The van der Waals surface area contributed by atoms with Gasteiger partial charge in [-0.25, -0.2) is 13.8 Å². The second-order valence-corrected chi connectivity index (χ2v) is 11.7. The van der Waals surface area contributed by atoms with Gasteiger partial charge in [-0.1, -0.05) is 44.5 Å². The second-order valence-electron chi connectivity index (χ2n) is 11.7. The lowest BCUT2D eigenvalue weighted by molar-refractivity contribution is 0.0828. The summed E-state index contributed by atoms with van der Waals surface area (Å²) in [6.45, 7) is 7.42. The van der Waals surface area contributed by atoms with E-state index in [1.54, 1.807) is 6.07 Å². The first-order chi connectivity index (χ1) is 22.3. The van der Waals surface area contributed by atoms with Crippen LogP contribution in [0.4, 0.5) is 8.78 Å². The molecule has 3 aromatic carbocycles. The van der Waals surface area contributed by atoms with Gasteiger partial charge in [-0.3, -0.25) is 9.69 Å². The Kier molecular flexibility index (Phi) is 11.5. The smallest absolute Gasteiger partial charge is 0.252 e. The lowest BCUT2D eigenvalue weighted by Gasteiger charge is -2.26. The highest BCUT2D eigenvalue weighted by molar-refractivity contribution is 5.98. The van der Waals surface area contributed by atoms with Crippen molar-refractivity contribution in [1.82, 2.24) is 20.5 Å². The normalized spacial score (nSPS) is 14.6. The molecule has 1 aliphatic heterocycles. The predicted molar refractivity (Wildman–Crippen MR) is 172 cm³/mol. The molecular formula is C36H42F2N4O4. The molecular weight excluding hydrogens is 590 g/mol. The van der Waals surface area contributed by atoms with E-state index in [-0.39, 0.29) is 13.0 Å². The van der Waals surface area contributed by atoms with Crippen LogP contribution in [0.3, 0.4) is 0 Å². The van der Waals surface area contributed by atoms with E-state index in [4.69, 9.17) is 9.15 Å². The Labute approximate surface area is 268 Å². The van der Waals surface area contributed by atoms with E-state index in [0.29, 0.717) is 54.6 Å². The molecule has 0 aliphatic carbocycles. The molecule has 4 aromatic rings. The van der Waals surface area contributed by atoms with Gasteiger partial charge in [0.25, 0.3) is 5.91 Å². The Bertz CT molecular complexity index is 1580.